The number of hydrogen-bond donors (Lipinski definition) is 5. The lowest BCUT2D eigenvalue weighted by molar-refractivity contribution is -0.0921. The molecule has 1 fully saturated rings. The summed E-state index contributed by atoms with van der Waals surface area (Å²) < 4.78 is 37.0. The number of fused-ring (bicyclic) bond motifs is 1. The number of aliphatic imine (C=N–C) groups is 2. The molecule has 32 heavy (non-hydrogen) atoms. The highest BCUT2D eigenvalue weighted by atomic mass is 32.2. The van der Waals surface area contributed by atoms with E-state index in [2.05, 4.69) is 9.98 Å². The minimum atomic E-state index is -4.23. The minimum absolute atomic E-state index is 0.0672. The van der Waals surface area contributed by atoms with E-state index in [0.29, 0.717) is 19.4 Å². The van der Waals surface area contributed by atoms with E-state index in [9.17, 15) is 23.7 Å². The molecule has 3 aliphatic heterocycles. The minimum Gasteiger partial charge on any atom is -0.394 e. The van der Waals surface area contributed by atoms with Gasteiger partial charge in [-0.05, 0) is 30.5 Å². The van der Waals surface area contributed by atoms with E-state index in [4.69, 9.17) is 14.7 Å². The molecule has 13 heteroatoms. The van der Waals surface area contributed by atoms with E-state index in [-0.39, 0.29) is 10.7 Å². The Kier molecular flexibility index (Phi) is 6.29. The first-order valence-electron chi connectivity index (χ1n) is 10.1. The SMILES string of the molecule is N=C1N=CN(CCCc2ccc(S(=O)(=O)O)cc2)C2C1N=CN2[C@@H]1O[C@H](CO)[C@@H](O)[C@H]1O. The van der Waals surface area contributed by atoms with Crippen LogP contribution < -0.4 is 0 Å². The summed E-state index contributed by atoms with van der Waals surface area (Å²) in [4.78, 5) is 11.8. The van der Waals surface area contributed by atoms with Crippen LogP contribution in [-0.4, -0.2) is 107 Å². The van der Waals surface area contributed by atoms with Crippen molar-refractivity contribution < 1.29 is 33.0 Å². The van der Waals surface area contributed by atoms with E-state index in [1.807, 2.05) is 4.90 Å². The molecule has 0 amide bonds. The van der Waals surface area contributed by atoms with E-state index >= 15 is 0 Å². The zero-order chi connectivity index (χ0) is 23.0. The number of nitrogens with zero attached hydrogens (tertiary/aromatic N) is 4. The smallest absolute Gasteiger partial charge is 0.294 e. The predicted octanol–water partition coefficient (Wildman–Crippen LogP) is -1.34. The fourth-order valence-electron chi connectivity index (χ4n) is 4.13. The third-order valence-electron chi connectivity index (χ3n) is 5.83. The van der Waals surface area contributed by atoms with Crippen molar-refractivity contribution in [2.45, 2.75) is 54.5 Å². The van der Waals surface area contributed by atoms with Gasteiger partial charge in [0.2, 0.25) is 0 Å². The molecule has 1 saturated heterocycles. The maximum absolute atomic E-state index is 11.2. The molecule has 0 aromatic heterocycles. The molecule has 2 unspecified atom stereocenters. The van der Waals surface area contributed by atoms with Gasteiger partial charge in [-0.15, -0.1) is 0 Å². The summed E-state index contributed by atoms with van der Waals surface area (Å²) in [5, 5.41) is 38.0. The Morgan fingerprint density at radius 1 is 1.12 bits per heavy atom. The van der Waals surface area contributed by atoms with Gasteiger partial charge in [-0.2, -0.15) is 8.42 Å². The third kappa shape index (κ3) is 4.27. The predicted molar refractivity (Wildman–Crippen MR) is 113 cm³/mol. The number of amidine groups is 1. The van der Waals surface area contributed by atoms with Gasteiger partial charge in [0.15, 0.2) is 12.1 Å². The van der Waals surface area contributed by atoms with Gasteiger partial charge in [-0.3, -0.25) is 15.0 Å². The lowest BCUT2D eigenvalue weighted by Gasteiger charge is -2.41. The van der Waals surface area contributed by atoms with Crippen LogP contribution in [0, 0.1) is 5.41 Å². The van der Waals surface area contributed by atoms with E-state index < -0.39 is 53.5 Å². The van der Waals surface area contributed by atoms with Crippen LogP contribution >= 0.6 is 0 Å². The average Bonchev–Trinajstić information content (AvgIpc) is 3.32. The first-order valence-corrected chi connectivity index (χ1v) is 11.5. The lowest BCUT2D eigenvalue weighted by Crippen LogP contribution is -2.59. The molecule has 12 nitrogen and oxygen atoms in total. The monoisotopic (exact) mass is 467 g/mol. The molecule has 1 aromatic carbocycles. The molecule has 0 bridgehead atoms. The van der Waals surface area contributed by atoms with Crippen LogP contribution in [0.4, 0.5) is 0 Å². The largest absolute Gasteiger partial charge is 0.394 e. The van der Waals surface area contributed by atoms with Crippen LogP contribution in [-0.2, 0) is 21.3 Å². The molecule has 6 atom stereocenters. The summed E-state index contributed by atoms with van der Waals surface area (Å²) in [7, 11) is -4.23. The van der Waals surface area contributed by atoms with Gasteiger partial charge >= 0.3 is 0 Å². The van der Waals surface area contributed by atoms with Gasteiger partial charge in [0, 0.05) is 6.54 Å². The summed E-state index contributed by atoms with van der Waals surface area (Å²) in [5.74, 6) is 0.0672. The fraction of sp³-hybridized carbons (Fsp3) is 0.526. The second kappa shape index (κ2) is 8.84. The van der Waals surface area contributed by atoms with Crippen molar-refractivity contribution in [2.75, 3.05) is 13.2 Å². The summed E-state index contributed by atoms with van der Waals surface area (Å²) in [6.07, 6.45) is -0.535. The number of rotatable bonds is 7. The Balaban J connectivity index is 1.43. The number of benzene rings is 1. The first-order chi connectivity index (χ1) is 15.2. The van der Waals surface area contributed by atoms with Crippen molar-refractivity contribution in [3.63, 3.8) is 0 Å². The highest BCUT2D eigenvalue weighted by Crippen LogP contribution is 2.31. The number of aryl methyl sites for hydroxylation is 1. The van der Waals surface area contributed by atoms with Crippen molar-refractivity contribution in [3.05, 3.63) is 29.8 Å². The molecule has 174 valence electrons. The van der Waals surface area contributed by atoms with Gasteiger partial charge in [-0.25, -0.2) is 4.99 Å². The normalized spacial score (nSPS) is 32.1. The summed E-state index contributed by atoms with van der Waals surface area (Å²) >= 11 is 0. The molecule has 0 spiro atoms. The Hall–Kier alpha value is -2.42. The van der Waals surface area contributed by atoms with Crippen molar-refractivity contribution >= 4 is 28.6 Å². The number of hydrogen-bond acceptors (Lipinski definition) is 10. The van der Waals surface area contributed by atoms with Crippen molar-refractivity contribution in [1.29, 1.82) is 5.41 Å². The Labute approximate surface area is 184 Å². The zero-order valence-electron chi connectivity index (χ0n) is 17.0. The van der Waals surface area contributed by atoms with Crippen LogP contribution in [0.1, 0.15) is 12.0 Å². The Bertz CT molecular complexity index is 1020. The van der Waals surface area contributed by atoms with Crippen molar-refractivity contribution in [3.8, 4) is 0 Å². The van der Waals surface area contributed by atoms with Crippen LogP contribution in [0.15, 0.2) is 39.1 Å². The topological polar surface area (TPSA) is 179 Å². The van der Waals surface area contributed by atoms with Crippen LogP contribution in [0.3, 0.4) is 0 Å². The average molecular weight is 468 g/mol. The highest BCUT2D eigenvalue weighted by Gasteiger charge is 2.51. The van der Waals surface area contributed by atoms with Crippen molar-refractivity contribution in [1.82, 2.24) is 9.80 Å². The zero-order valence-corrected chi connectivity index (χ0v) is 17.8. The second-order valence-corrected chi connectivity index (χ2v) is 9.31. The van der Waals surface area contributed by atoms with Gasteiger partial charge in [0.05, 0.1) is 24.2 Å². The lowest BCUT2D eigenvalue weighted by atomic mass is 10.1. The number of aliphatic hydroxyl groups is 3. The first kappa shape index (κ1) is 22.8. The Morgan fingerprint density at radius 3 is 2.47 bits per heavy atom. The van der Waals surface area contributed by atoms with E-state index in [1.54, 1.807) is 17.0 Å². The molecule has 5 N–H and O–H groups in total. The molecule has 3 heterocycles. The Morgan fingerprint density at radius 2 is 1.84 bits per heavy atom. The summed E-state index contributed by atoms with van der Waals surface area (Å²) in [6.45, 7) is 0.0812. The quantitative estimate of drug-likeness (QED) is 0.304. The van der Waals surface area contributed by atoms with Gasteiger partial charge < -0.3 is 29.9 Å². The summed E-state index contributed by atoms with van der Waals surface area (Å²) in [6, 6.07) is 5.37. The highest BCUT2D eigenvalue weighted by molar-refractivity contribution is 7.85. The molecule has 3 aliphatic rings. The number of nitrogens with one attached hydrogen (secondary N) is 1. The number of ether oxygens (including phenoxy) is 1. The standard InChI is InChI=1S/C19H25N5O7S/c20-17-14-18(24(10-21-14)19-16(27)15(26)13(8-25)31-19)23(9-22-17)7-1-2-11-3-5-12(6-4-11)32(28,29)30/h3-6,9-10,13-16,18-20,25-27H,1-2,7-8H2,(H,28,29,30)/t13-,14?,15-,16-,18?,19-/m1/s1. The molecule has 1 aromatic rings. The third-order valence-corrected chi connectivity index (χ3v) is 6.70. The second-order valence-electron chi connectivity index (χ2n) is 7.89. The van der Waals surface area contributed by atoms with Crippen LogP contribution in [0.5, 0.6) is 0 Å². The summed E-state index contributed by atoms with van der Waals surface area (Å²) in [5.41, 5.74) is 0.888. The molecular formula is C19H25N5O7S. The molecule has 0 aliphatic carbocycles. The van der Waals surface area contributed by atoms with E-state index in [0.717, 1.165) is 5.56 Å². The molecule has 0 saturated carbocycles. The van der Waals surface area contributed by atoms with Crippen LogP contribution in [0.2, 0.25) is 0 Å². The maximum atomic E-state index is 11.2. The van der Waals surface area contributed by atoms with Crippen molar-refractivity contribution in [2.24, 2.45) is 9.98 Å². The number of aliphatic hydroxyl groups excluding tert-OH is 3. The van der Waals surface area contributed by atoms with Gasteiger partial charge in [-0.1, -0.05) is 12.1 Å². The van der Waals surface area contributed by atoms with E-state index in [1.165, 1.54) is 24.8 Å². The molecule has 0 radical (unpaired) electrons. The molecular weight excluding hydrogens is 442 g/mol. The van der Waals surface area contributed by atoms with Gasteiger partial charge in [0.25, 0.3) is 10.1 Å². The molecule has 4 rings (SSSR count). The fourth-order valence-corrected chi connectivity index (χ4v) is 4.61. The van der Waals surface area contributed by atoms with Gasteiger partial charge in [0.1, 0.15) is 30.5 Å². The maximum Gasteiger partial charge on any atom is 0.294 e. The van der Waals surface area contributed by atoms with Crippen LogP contribution in [0.25, 0.3) is 0 Å².